The van der Waals surface area contributed by atoms with E-state index in [4.69, 9.17) is 4.74 Å². The van der Waals surface area contributed by atoms with E-state index in [2.05, 4.69) is 24.5 Å². The summed E-state index contributed by atoms with van der Waals surface area (Å²) < 4.78 is 5.71. The van der Waals surface area contributed by atoms with Gasteiger partial charge in [-0.3, -0.25) is 9.59 Å². The van der Waals surface area contributed by atoms with E-state index < -0.39 is 0 Å². The van der Waals surface area contributed by atoms with Crippen LogP contribution in [0.2, 0.25) is 0 Å². The van der Waals surface area contributed by atoms with Gasteiger partial charge in [0.05, 0.1) is 6.61 Å². The summed E-state index contributed by atoms with van der Waals surface area (Å²) in [7, 11) is 0. The molecular formula is C22H28N2O3. The summed E-state index contributed by atoms with van der Waals surface area (Å²) in [5, 5.41) is 5.68. The van der Waals surface area contributed by atoms with Crippen LogP contribution < -0.4 is 15.4 Å². The molecule has 5 nitrogen and oxygen atoms in total. The fourth-order valence-corrected chi connectivity index (χ4v) is 2.43. The van der Waals surface area contributed by atoms with Crippen molar-refractivity contribution < 1.29 is 14.3 Å². The molecule has 0 atom stereocenters. The van der Waals surface area contributed by atoms with Crippen LogP contribution in [-0.2, 0) is 4.79 Å². The van der Waals surface area contributed by atoms with E-state index in [1.165, 1.54) is 0 Å². The van der Waals surface area contributed by atoms with Crippen molar-refractivity contribution in [1.82, 2.24) is 0 Å². The molecule has 0 saturated heterocycles. The Morgan fingerprint density at radius 3 is 2.30 bits per heavy atom. The Balaban J connectivity index is 1.93. The number of anilines is 2. The highest BCUT2D eigenvalue weighted by atomic mass is 16.5. The standard InChI is InChI=1S/C22H28N2O3/c1-4-6-21(25)23-18-9-11-19(12-10-18)24-22(26)17-7-5-8-20(15-17)27-14-13-16(2)3/h5,7-12,15-16H,4,6,13-14H2,1-3H3,(H,23,25)(H,24,26). The van der Waals surface area contributed by atoms with E-state index in [-0.39, 0.29) is 11.8 Å². The van der Waals surface area contributed by atoms with Crippen LogP contribution >= 0.6 is 0 Å². The smallest absolute Gasteiger partial charge is 0.255 e. The Morgan fingerprint density at radius 1 is 1.00 bits per heavy atom. The lowest BCUT2D eigenvalue weighted by Gasteiger charge is -2.10. The fourth-order valence-electron chi connectivity index (χ4n) is 2.43. The predicted octanol–water partition coefficient (Wildman–Crippen LogP) is 5.10. The lowest BCUT2D eigenvalue weighted by Crippen LogP contribution is -2.13. The topological polar surface area (TPSA) is 67.4 Å². The van der Waals surface area contributed by atoms with Gasteiger partial charge in [0, 0.05) is 23.4 Å². The molecule has 0 spiro atoms. The van der Waals surface area contributed by atoms with Gasteiger partial charge >= 0.3 is 0 Å². The number of rotatable bonds is 9. The molecule has 2 N–H and O–H groups in total. The molecular weight excluding hydrogens is 340 g/mol. The van der Waals surface area contributed by atoms with Crippen molar-refractivity contribution in [3.8, 4) is 5.75 Å². The van der Waals surface area contributed by atoms with Gasteiger partial charge in [-0.05, 0) is 61.2 Å². The second-order valence-electron chi connectivity index (χ2n) is 6.89. The van der Waals surface area contributed by atoms with E-state index in [1.807, 2.05) is 19.1 Å². The molecule has 0 saturated carbocycles. The Labute approximate surface area is 161 Å². The monoisotopic (exact) mass is 368 g/mol. The zero-order chi connectivity index (χ0) is 19.6. The van der Waals surface area contributed by atoms with Gasteiger partial charge in [-0.25, -0.2) is 0 Å². The van der Waals surface area contributed by atoms with E-state index in [0.717, 1.165) is 12.8 Å². The maximum absolute atomic E-state index is 12.5. The van der Waals surface area contributed by atoms with Crippen molar-refractivity contribution in [1.29, 1.82) is 0 Å². The molecule has 27 heavy (non-hydrogen) atoms. The van der Waals surface area contributed by atoms with Crippen LogP contribution in [0.15, 0.2) is 48.5 Å². The van der Waals surface area contributed by atoms with Crippen molar-refractivity contribution in [3.63, 3.8) is 0 Å². The second-order valence-corrected chi connectivity index (χ2v) is 6.89. The first-order valence-electron chi connectivity index (χ1n) is 9.42. The Bertz CT molecular complexity index is 754. The van der Waals surface area contributed by atoms with Gasteiger partial charge < -0.3 is 15.4 Å². The Morgan fingerprint density at radius 2 is 1.67 bits per heavy atom. The third-order valence-electron chi connectivity index (χ3n) is 3.96. The quantitative estimate of drug-likeness (QED) is 0.647. The van der Waals surface area contributed by atoms with Gasteiger partial charge in [-0.2, -0.15) is 0 Å². The molecule has 0 unspecified atom stereocenters. The summed E-state index contributed by atoms with van der Waals surface area (Å²) in [6.07, 6.45) is 2.27. The minimum absolute atomic E-state index is 0.0106. The molecule has 2 aromatic rings. The van der Waals surface area contributed by atoms with Gasteiger partial charge in [0.2, 0.25) is 5.91 Å². The SMILES string of the molecule is CCCC(=O)Nc1ccc(NC(=O)c2cccc(OCCC(C)C)c2)cc1. The highest BCUT2D eigenvalue weighted by Gasteiger charge is 2.08. The molecule has 5 heteroatoms. The number of ether oxygens (including phenoxy) is 1. The number of carbonyl (C=O) groups is 2. The van der Waals surface area contributed by atoms with Crippen LogP contribution in [0.1, 0.15) is 50.4 Å². The number of carbonyl (C=O) groups excluding carboxylic acids is 2. The van der Waals surface area contributed by atoms with Gasteiger partial charge in [-0.15, -0.1) is 0 Å². The molecule has 0 aromatic heterocycles. The molecule has 0 heterocycles. The fraction of sp³-hybridized carbons (Fsp3) is 0.364. The van der Waals surface area contributed by atoms with Crippen molar-refractivity contribution in [2.45, 2.75) is 40.0 Å². The lowest BCUT2D eigenvalue weighted by atomic mass is 10.1. The number of nitrogens with one attached hydrogen (secondary N) is 2. The minimum atomic E-state index is -0.202. The van der Waals surface area contributed by atoms with Crippen LogP contribution in [0.3, 0.4) is 0 Å². The van der Waals surface area contributed by atoms with Crippen LogP contribution in [0.5, 0.6) is 5.75 Å². The molecule has 0 aliphatic carbocycles. The first kappa shape index (κ1) is 20.5. The summed E-state index contributed by atoms with van der Waals surface area (Å²) in [6.45, 7) is 6.89. The van der Waals surface area contributed by atoms with Gasteiger partial charge in [0.15, 0.2) is 0 Å². The van der Waals surface area contributed by atoms with Gasteiger partial charge in [0.1, 0.15) is 5.75 Å². The zero-order valence-electron chi connectivity index (χ0n) is 16.2. The zero-order valence-corrected chi connectivity index (χ0v) is 16.2. The average Bonchev–Trinajstić information content (AvgIpc) is 2.63. The number of hydrogen-bond donors (Lipinski definition) is 2. The van der Waals surface area contributed by atoms with Crippen molar-refractivity contribution in [2.24, 2.45) is 5.92 Å². The molecule has 0 fully saturated rings. The largest absolute Gasteiger partial charge is 0.494 e. The van der Waals surface area contributed by atoms with E-state index in [9.17, 15) is 9.59 Å². The summed E-state index contributed by atoms with van der Waals surface area (Å²) in [5.74, 6) is 1.05. The number of amides is 2. The van der Waals surface area contributed by atoms with Crippen LogP contribution in [-0.4, -0.2) is 18.4 Å². The Hall–Kier alpha value is -2.82. The molecule has 2 rings (SSSR count). The molecule has 0 aliphatic rings. The third kappa shape index (κ3) is 7.13. The summed E-state index contributed by atoms with van der Waals surface area (Å²) >= 11 is 0. The average molecular weight is 368 g/mol. The van der Waals surface area contributed by atoms with Gasteiger partial charge in [-0.1, -0.05) is 26.8 Å². The van der Waals surface area contributed by atoms with Crippen LogP contribution in [0, 0.1) is 5.92 Å². The third-order valence-corrected chi connectivity index (χ3v) is 3.96. The van der Waals surface area contributed by atoms with Crippen molar-refractivity contribution >= 4 is 23.2 Å². The second kappa shape index (κ2) is 10.4. The summed E-state index contributed by atoms with van der Waals surface area (Å²) in [6, 6.07) is 14.2. The highest BCUT2D eigenvalue weighted by molar-refractivity contribution is 6.04. The number of benzene rings is 2. The minimum Gasteiger partial charge on any atom is -0.494 e. The highest BCUT2D eigenvalue weighted by Crippen LogP contribution is 2.18. The lowest BCUT2D eigenvalue weighted by molar-refractivity contribution is -0.116. The normalized spacial score (nSPS) is 10.5. The summed E-state index contributed by atoms with van der Waals surface area (Å²) in [5.41, 5.74) is 1.92. The summed E-state index contributed by atoms with van der Waals surface area (Å²) in [4.78, 5) is 24.1. The van der Waals surface area contributed by atoms with Crippen molar-refractivity contribution in [2.75, 3.05) is 17.2 Å². The predicted molar refractivity (Wildman–Crippen MR) is 109 cm³/mol. The first-order chi connectivity index (χ1) is 13.0. The molecule has 2 amide bonds. The van der Waals surface area contributed by atoms with E-state index in [0.29, 0.717) is 41.6 Å². The Kier molecular flexibility index (Phi) is 7.86. The molecule has 2 aromatic carbocycles. The maximum atomic E-state index is 12.5. The van der Waals surface area contributed by atoms with E-state index in [1.54, 1.807) is 36.4 Å². The van der Waals surface area contributed by atoms with Gasteiger partial charge in [0.25, 0.3) is 5.91 Å². The molecule has 0 aliphatic heterocycles. The van der Waals surface area contributed by atoms with E-state index >= 15 is 0 Å². The molecule has 144 valence electrons. The first-order valence-corrected chi connectivity index (χ1v) is 9.42. The van der Waals surface area contributed by atoms with Crippen molar-refractivity contribution in [3.05, 3.63) is 54.1 Å². The number of hydrogen-bond acceptors (Lipinski definition) is 3. The maximum Gasteiger partial charge on any atom is 0.255 e. The molecule has 0 radical (unpaired) electrons. The van der Waals surface area contributed by atoms with Crippen LogP contribution in [0.25, 0.3) is 0 Å². The molecule has 0 bridgehead atoms. The van der Waals surface area contributed by atoms with Crippen LogP contribution in [0.4, 0.5) is 11.4 Å².